The van der Waals surface area contributed by atoms with E-state index in [1.807, 2.05) is 50.2 Å². The minimum Gasteiger partial charge on any atom is -0.494 e. The number of nitrogens with zero attached hydrogens (tertiary/aromatic N) is 3. The number of nitrogens with one attached hydrogen (secondary N) is 1. The molecule has 0 aliphatic heterocycles. The third kappa shape index (κ3) is 4.17. The molecule has 7 heteroatoms. The normalized spacial score (nSPS) is 11.6. The second kappa shape index (κ2) is 7.83. The van der Waals surface area contributed by atoms with Crippen LogP contribution in [-0.4, -0.2) is 34.5 Å². The van der Waals surface area contributed by atoms with Crippen molar-refractivity contribution < 1.29 is 5.11 Å². The van der Waals surface area contributed by atoms with Crippen LogP contribution in [0.1, 0.15) is 32.3 Å². The Morgan fingerprint density at radius 3 is 2.44 bits per heavy atom. The van der Waals surface area contributed by atoms with Gasteiger partial charge in [0, 0.05) is 26.3 Å². The number of unbranched alkanes of at least 4 members (excludes halogenated alkanes) is 1. The van der Waals surface area contributed by atoms with E-state index in [-0.39, 0.29) is 11.4 Å². The first-order valence-electron chi connectivity index (χ1n) is 8.24. The topological polar surface area (TPSA) is 90.7 Å². The van der Waals surface area contributed by atoms with Gasteiger partial charge in [0.25, 0.3) is 5.56 Å². The predicted molar refractivity (Wildman–Crippen MR) is 101 cm³/mol. The quantitative estimate of drug-likeness (QED) is 0.786. The van der Waals surface area contributed by atoms with Crippen molar-refractivity contribution in [3.63, 3.8) is 0 Å². The lowest BCUT2D eigenvalue weighted by atomic mass is 10.2. The highest BCUT2D eigenvalue weighted by Crippen LogP contribution is 2.20. The molecule has 0 saturated heterocycles. The number of hydrogen-bond donors (Lipinski definition) is 2. The van der Waals surface area contributed by atoms with E-state index in [0.717, 1.165) is 18.5 Å². The molecule has 0 spiro atoms. The van der Waals surface area contributed by atoms with Gasteiger partial charge in [-0.3, -0.25) is 19.3 Å². The van der Waals surface area contributed by atoms with E-state index in [9.17, 15) is 14.7 Å². The smallest absolute Gasteiger partial charge is 0.331 e. The van der Waals surface area contributed by atoms with Crippen LogP contribution in [0.3, 0.4) is 0 Å². The average molecular weight is 344 g/mol. The Morgan fingerprint density at radius 2 is 1.88 bits per heavy atom. The van der Waals surface area contributed by atoms with Gasteiger partial charge in [0.15, 0.2) is 0 Å². The summed E-state index contributed by atoms with van der Waals surface area (Å²) >= 11 is 0. The molecule has 0 unspecified atom stereocenters. The maximum atomic E-state index is 12.1. The van der Waals surface area contributed by atoms with E-state index < -0.39 is 11.2 Å². The van der Waals surface area contributed by atoms with Gasteiger partial charge in [-0.05, 0) is 37.6 Å². The molecule has 0 bridgehead atoms. The van der Waals surface area contributed by atoms with E-state index in [0.29, 0.717) is 17.9 Å². The van der Waals surface area contributed by atoms with Crippen molar-refractivity contribution in [3.05, 3.63) is 50.7 Å². The van der Waals surface area contributed by atoms with Crippen molar-refractivity contribution in [2.45, 2.75) is 33.2 Å². The lowest BCUT2D eigenvalue weighted by Gasteiger charge is -2.12. The molecule has 0 saturated carbocycles. The van der Waals surface area contributed by atoms with Gasteiger partial charge in [-0.1, -0.05) is 13.3 Å². The highest BCUT2D eigenvalue weighted by Gasteiger charge is 2.16. The minimum atomic E-state index is -0.638. The van der Waals surface area contributed by atoms with Gasteiger partial charge in [-0.25, -0.2) is 4.79 Å². The van der Waals surface area contributed by atoms with Crippen LogP contribution in [-0.2, 0) is 6.54 Å². The summed E-state index contributed by atoms with van der Waals surface area (Å²) in [6, 6.07) is 7.49. The fourth-order valence-electron chi connectivity index (χ4n) is 2.48. The zero-order valence-corrected chi connectivity index (χ0v) is 15.0. The van der Waals surface area contributed by atoms with Gasteiger partial charge in [0.05, 0.1) is 11.4 Å². The molecule has 0 amide bonds. The molecule has 0 aliphatic carbocycles. The maximum absolute atomic E-state index is 12.1. The summed E-state index contributed by atoms with van der Waals surface area (Å²) in [7, 11) is 3.89. The Hall–Kier alpha value is -2.83. The summed E-state index contributed by atoms with van der Waals surface area (Å²) in [5.41, 5.74) is 0.817. The molecule has 0 aliphatic rings. The van der Waals surface area contributed by atoms with Gasteiger partial charge >= 0.3 is 5.69 Å². The van der Waals surface area contributed by atoms with Crippen molar-refractivity contribution >= 4 is 17.1 Å². The highest BCUT2D eigenvalue weighted by molar-refractivity contribution is 6.01. The predicted octanol–water partition coefficient (Wildman–Crippen LogP) is 2.25. The summed E-state index contributed by atoms with van der Waals surface area (Å²) in [6.07, 6.45) is 1.59. The van der Waals surface area contributed by atoms with Gasteiger partial charge < -0.3 is 10.0 Å². The van der Waals surface area contributed by atoms with Crippen molar-refractivity contribution in [2.24, 2.45) is 4.99 Å². The molecule has 2 aromatic rings. The van der Waals surface area contributed by atoms with Gasteiger partial charge in [-0.2, -0.15) is 0 Å². The molecule has 25 heavy (non-hydrogen) atoms. The fourth-order valence-corrected chi connectivity index (χ4v) is 2.48. The van der Waals surface area contributed by atoms with Crippen molar-refractivity contribution in [3.8, 4) is 5.88 Å². The number of H-pyrrole nitrogens is 1. The molecule has 134 valence electrons. The number of anilines is 1. The van der Waals surface area contributed by atoms with Gasteiger partial charge in [0.1, 0.15) is 5.56 Å². The van der Waals surface area contributed by atoms with Crippen LogP contribution >= 0.6 is 0 Å². The van der Waals surface area contributed by atoms with Crippen LogP contribution < -0.4 is 16.1 Å². The third-order valence-electron chi connectivity index (χ3n) is 3.93. The van der Waals surface area contributed by atoms with E-state index in [2.05, 4.69) is 9.98 Å². The number of rotatable bonds is 6. The van der Waals surface area contributed by atoms with Crippen molar-refractivity contribution in [2.75, 3.05) is 19.0 Å². The molecule has 1 heterocycles. The summed E-state index contributed by atoms with van der Waals surface area (Å²) in [5.74, 6) is -0.339. The van der Waals surface area contributed by atoms with Crippen LogP contribution in [0.5, 0.6) is 5.88 Å². The highest BCUT2D eigenvalue weighted by atomic mass is 16.3. The Balaban J connectivity index is 2.45. The molecule has 0 fully saturated rings. The minimum absolute atomic E-state index is 0.0207. The molecular formula is C18H24N4O3. The number of aromatic nitrogens is 2. The average Bonchev–Trinajstić information content (AvgIpc) is 2.54. The van der Waals surface area contributed by atoms with Gasteiger partial charge in [0.2, 0.25) is 5.88 Å². The lowest BCUT2D eigenvalue weighted by Crippen LogP contribution is -2.33. The summed E-state index contributed by atoms with van der Waals surface area (Å²) < 4.78 is 1.17. The molecular weight excluding hydrogens is 320 g/mol. The Labute approximate surface area is 146 Å². The molecule has 0 atom stereocenters. The lowest BCUT2D eigenvalue weighted by molar-refractivity contribution is 0.394. The molecule has 1 aromatic heterocycles. The van der Waals surface area contributed by atoms with E-state index >= 15 is 0 Å². The molecule has 7 nitrogen and oxygen atoms in total. The first-order valence-corrected chi connectivity index (χ1v) is 8.24. The van der Waals surface area contributed by atoms with Crippen LogP contribution in [0.15, 0.2) is 38.8 Å². The van der Waals surface area contributed by atoms with Crippen LogP contribution in [0, 0.1) is 0 Å². The Morgan fingerprint density at radius 1 is 1.24 bits per heavy atom. The summed E-state index contributed by atoms with van der Waals surface area (Å²) in [5, 5.41) is 10.4. The molecule has 0 radical (unpaired) electrons. The van der Waals surface area contributed by atoms with Crippen LogP contribution in [0.25, 0.3) is 0 Å². The summed E-state index contributed by atoms with van der Waals surface area (Å²) in [4.78, 5) is 32.7. The number of aliphatic imine (C=N–C) groups is 1. The van der Waals surface area contributed by atoms with Gasteiger partial charge in [-0.15, -0.1) is 0 Å². The van der Waals surface area contributed by atoms with E-state index in [1.54, 1.807) is 6.92 Å². The second-order valence-electron chi connectivity index (χ2n) is 6.07. The first kappa shape index (κ1) is 18.5. The van der Waals surface area contributed by atoms with Crippen molar-refractivity contribution in [1.82, 2.24) is 9.55 Å². The maximum Gasteiger partial charge on any atom is 0.331 e. The van der Waals surface area contributed by atoms with Crippen LogP contribution in [0.4, 0.5) is 11.4 Å². The monoisotopic (exact) mass is 344 g/mol. The second-order valence-corrected chi connectivity index (χ2v) is 6.07. The zero-order valence-electron chi connectivity index (χ0n) is 15.0. The van der Waals surface area contributed by atoms with Crippen molar-refractivity contribution in [1.29, 1.82) is 0 Å². The van der Waals surface area contributed by atoms with E-state index in [1.165, 1.54) is 4.57 Å². The molecule has 2 rings (SSSR count). The fraction of sp³-hybridized carbons (Fsp3) is 0.389. The molecule has 1 aromatic carbocycles. The van der Waals surface area contributed by atoms with E-state index in [4.69, 9.17) is 0 Å². The number of hydrogen-bond acceptors (Lipinski definition) is 5. The number of aromatic hydroxyl groups is 1. The zero-order chi connectivity index (χ0) is 18.6. The number of aromatic amines is 1. The largest absolute Gasteiger partial charge is 0.494 e. The van der Waals surface area contributed by atoms with Crippen LogP contribution in [0.2, 0.25) is 0 Å². The SMILES string of the molecule is CCCCn1c(O)c(C(C)=Nc2ccc(N(C)C)cc2)c(=O)[nH]c1=O. The summed E-state index contributed by atoms with van der Waals surface area (Å²) in [6.45, 7) is 3.97. The number of benzene rings is 1. The molecule has 2 N–H and O–H groups in total. The third-order valence-corrected chi connectivity index (χ3v) is 3.93. The Kier molecular flexibility index (Phi) is 5.80. The first-order chi connectivity index (χ1) is 11.8. The Bertz CT molecular complexity index is 877. The standard InChI is InChI=1S/C18H24N4O3/c1-5-6-11-22-17(24)15(16(23)20-18(22)25)12(2)19-13-7-9-14(10-8-13)21(3)4/h7-10,24H,5-6,11H2,1-4H3,(H,20,23,25).